The minimum atomic E-state index is -0.580. The number of aryl methyl sites for hydroxylation is 2. The molecule has 1 fully saturated rings. The molecule has 7 nitrogen and oxygen atoms in total. The van der Waals surface area contributed by atoms with E-state index in [4.69, 9.17) is 4.42 Å². The number of imide groups is 1. The van der Waals surface area contributed by atoms with Crippen molar-refractivity contribution < 1.29 is 23.9 Å². The summed E-state index contributed by atoms with van der Waals surface area (Å²) >= 11 is 0.749. The zero-order chi connectivity index (χ0) is 18.8. The summed E-state index contributed by atoms with van der Waals surface area (Å²) in [5.74, 6) is -0.0814. The number of benzene rings is 1. The van der Waals surface area contributed by atoms with Crippen molar-refractivity contribution in [1.82, 2.24) is 4.90 Å². The highest BCUT2D eigenvalue weighted by Gasteiger charge is 2.36. The van der Waals surface area contributed by atoms with Crippen molar-refractivity contribution in [3.05, 3.63) is 52.3 Å². The van der Waals surface area contributed by atoms with Crippen LogP contribution >= 0.6 is 11.8 Å². The molecule has 0 atom stereocenters. The Balaban J connectivity index is 1.70. The smallest absolute Gasteiger partial charge is 0.294 e. The zero-order valence-corrected chi connectivity index (χ0v) is 14.9. The number of hydrogen-bond donors (Lipinski definition) is 2. The van der Waals surface area contributed by atoms with Gasteiger partial charge in [-0.2, -0.15) is 0 Å². The average Bonchev–Trinajstić information content (AvgIpc) is 3.09. The number of anilines is 1. The SMILES string of the molecule is Cc1ccc(O)c(NC(=O)CN2C(=O)S/C(=C\c3ccc(C)o3)C2=O)c1. The van der Waals surface area contributed by atoms with Crippen molar-refractivity contribution in [3.8, 4) is 5.75 Å². The third kappa shape index (κ3) is 3.80. The minimum Gasteiger partial charge on any atom is -0.506 e. The van der Waals surface area contributed by atoms with Gasteiger partial charge >= 0.3 is 0 Å². The number of nitrogens with zero attached hydrogens (tertiary/aromatic N) is 1. The molecule has 0 saturated carbocycles. The molecular formula is C18H16N2O5S. The molecule has 1 aliphatic heterocycles. The lowest BCUT2D eigenvalue weighted by Crippen LogP contribution is -2.36. The van der Waals surface area contributed by atoms with E-state index in [0.29, 0.717) is 11.5 Å². The number of phenols is 1. The number of rotatable bonds is 4. The van der Waals surface area contributed by atoms with E-state index in [9.17, 15) is 19.5 Å². The van der Waals surface area contributed by atoms with Crippen LogP contribution in [0.5, 0.6) is 5.75 Å². The van der Waals surface area contributed by atoms with Crippen LogP contribution in [0.1, 0.15) is 17.1 Å². The summed E-state index contributed by atoms with van der Waals surface area (Å²) in [5, 5.41) is 11.7. The van der Waals surface area contributed by atoms with E-state index < -0.39 is 23.6 Å². The normalized spacial score (nSPS) is 15.8. The molecule has 0 spiro atoms. The van der Waals surface area contributed by atoms with Gasteiger partial charge in [-0.3, -0.25) is 19.3 Å². The highest BCUT2D eigenvalue weighted by molar-refractivity contribution is 8.18. The zero-order valence-electron chi connectivity index (χ0n) is 14.1. The Hall–Kier alpha value is -3.00. The highest BCUT2D eigenvalue weighted by atomic mass is 32.2. The van der Waals surface area contributed by atoms with Crippen LogP contribution in [0.3, 0.4) is 0 Å². The number of nitrogens with one attached hydrogen (secondary N) is 1. The van der Waals surface area contributed by atoms with Crippen molar-refractivity contribution >= 4 is 40.6 Å². The van der Waals surface area contributed by atoms with Crippen molar-refractivity contribution in [2.75, 3.05) is 11.9 Å². The molecule has 0 aliphatic carbocycles. The predicted molar refractivity (Wildman–Crippen MR) is 97.6 cm³/mol. The number of carbonyl (C=O) groups is 3. The Morgan fingerprint density at radius 1 is 1.27 bits per heavy atom. The van der Waals surface area contributed by atoms with Crippen LogP contribution < -0.4 is 5.32 Å². The molecule has 0 bridgehead atoms. The summed E-state index contributed by atoms with van der Waals surface area (Å²) in [6.45, 7) is 3.15. The number of thioether (sulfide) groups is 1. The second-order valence-electron chi connectivity index (χ2n) is 5.79. The lowest BCUT2D eigenvalue weighted by atomic mass is 10.2. The molecule has 134 valence electrons. The van der Waals surface area contributed by atoms with Gasteiger partial charge in [-0.1, -0.05) is 6.07 Å². The Labute approximate surface area is 153 Å². The molecule has 3 amide bonds. The molecule has 8 heteroatoms. The van der Waals surface area contributed by atoms with Crippen LogP contribution in [0, 0.1) is 13.8 Å². The molecule has 2 N–H and O–H groups in total. The maximum Gasteiger partial charge on any atom is 0.294 e. The predicted octanol–water partition coefficient (Wildman–Crippen LogP) is 3.28. The van der Waals surface area contributed by atoms with Gasteiger partial charge in [-0.05, 0) is 55.4 Å². The Morgan fingerprint density at radius 2 is 2.04 bits per heavy atom. The second-order valence-corrected chi connectivity index (χ2v) is 6.78. The third-order valence-electron chi connectivity index (χ3n) is 3.64. The first kappa shape index (κ1) is 17.8. The first-order chi connectivity index (χ1) is 12.3. The van der Waals surface area contributed by atoms with Crippen molar-refractivity contribution in [2.24, 2.45) is 0 Å². The second kappa shape index (κ2) is 7.09. The molecule has 26 heavy (non-hydrogen) atoms. The molecule has 0 radical (unpaired) electrons. The summed E-state index contributed by atoms with van der Waals surface area (Å²) in [4.78, 5) is 37.7. The summed E-state index contributed by atoms with van der Waals surface area (Å²) in [7, 11) is 0. The number of furan rings is 1. The number of hydrogen-bond acceptors (Lipinski definition) is 6. The number of phenolic OH excluding ortho intramolecular Hbond substituents is 1. The molecule has 2 heterocycles. The molecule has 3 rings (SSSR count). The molecular weight excluding hydrogens is 356 g/mol. The van der Waals surface area contributed by atoms with E-state index >= 15 is 0 Å². The van der Waals surface area contributed by atoms with E-state index in [-0.39, 0.29) is 16.3 Å². The quantitative estimate of drug-likeness (QED) is 0.631. The summed E-state index contributed by atoms with van der Waals surface area (Å²) in [5.41, 5.74) is 1.07. The Kier molecular flexibility index (Phi) is 4.85. The summed E-state index contributed by atoms with van der Waals surface area (Å²) in [6, 6.07) is 8.19. The maximum atomic E-state index is 12.4. The Morgan fingerprint density at radius 3 is 2.73 bits per heavy atom. The van der Waals surface area contributed by atoms with Gasteiger partial charge in [0, 0.05) is 6.08 Å². The first-order valence-electron chi connectivity index (χ1n) is 7.75. The van der Waals surface area contributed by atoms with Crippen LogP contribution in [-0.4, -0.2) is 33.6 Å². The van der Waals surface area contributed by atoms with Gasteiger partial charge in [-0.15, -0.1) is 0 Å². The first-order valence-corrected chi connectivity index (χ1v) is 8.56. The fraction of sp³-hybridized carbons (Fsp3) is 0.167. The number of carbonyl (C=O) groups excluding carboxylic acids is 3. The van der Waals surface area contributed by atoms with Crippen LogP contribution in [0.4, 0.5) is 10.5 Å². The van der Waals surface area contributed by atoms with Crippen LogP contribution in [0.15, 0.2) is 39.7 Å². The molecule has 1 saturated heterocycles. The summed E-state index contributed by atoms with van der Waals surface area (Å²) < 4.78 is 5.37. The van der Waals surface area contributed by atoms with Crippen LogP contribution in [-0.2, 0) is 9.59 Å². The fourth-order valence-electron chi connectivity index (χ4n) is 2.38. The number of aromatic hydroxyl groups is 1. The summed E-state index contributed by atoms with van der Waals surface area (Å²) in [6.07, 6.45) is 1.47. The molecule has 0 unspecified atom stereocenters. The van der Waals surface area contributed by atoms with Gasteiger partial charge in [0.05, 0.1) is 10.6 Å². The van der Waals surface area contributed by atoms with Crippen molar-refractivity contribution in [3.63, 3.8) is 0 Å². The van der Waals surface area contributed by atoms with Crippen molar-refractivity contribution in [1.29, 1.82) is 0 Å². The van der Waals surface area contributed by atoms with E-state index in [0.717, 1.165) is 22.2 Å². The highest BCUT2D eigenvalue weighted by Crippen LogP contribution is 2.32. The van der Waals surface area contributed by atoms with E-state index in [1.54, 1.807) is 31.2 Å². The fourth-order valence-corrected chi connectivity index (χ4v) is 3.20. The van der Waals surface area contributed by atoms with E-state index in [1.165, 1.54) is 12.1 Å². The lowest BCUT2D eigenvalue weighted by Gasteiger charge is -2.13. The third-order valence-corrected chi connectivity index (χ3v) is 4.54. The molecule has 1 aromatic heterocycles. The monoisotopic (exact) mass is 372 g/mol. The van der Waals surface area contributed by atoms with E-state index in [2.05, 4.69) is 5.32 Å². The van der Waals surface area contributed by atoms with Gasteiger partial charge in [0.2, 0.25) is 5.91 Å². The number of amides is 3. The van der Waals surface area contributed by atoms with Gasteiger partial charge < -0.3 is 14.8 Å². The average molecular weight is 372 g/mol. The Bertz CT molecular complexity index is 931. The van der Waals surface area contributed by atoms with Gasteiger partial charge in [-0.25, -0.2) is 0 Å². The topological polar surface area (TPSA) is 99.8 Å². The van der Waals surface area contributed by atoms with Gasteiger partial charge in [0.25, 0.3) is 11.1 Å². The molecule has 2 aromatic rings. The molecule has 1 aliphatic rings. The van der Waals surface area contributed by atoms with Gasteiger partial charge in [0.15, 0.2) is 0 Å². The lowest BCUT2D eigenvalue weighted by molar-refractivity contribution is -0.127. The van der Waals surface area contributed by atoms with Crippen molar-refractivity contribution in [2.45, 2.75) is 13.8 Å². The van der Waals surface area contributed by atoms with Crippen LogP contribution in [0.25, 0.3) is 6.08 Å². The van der Waals surface area contributed by atoms with Gasteiger partial charge in [0.1, 0.15) is 23.8 Å². The van der Waals surface area contributed by atoms with Crippen LogP contribution in [0.2, 0.25) is 0 Å². The molecule has 1 aromatic carbocycles. The standard InChI is InChI=1S/C18H16N2O5S/c1-10-3-6-14(21)13(7-10)19-16(22)9-20-17(23)15(26-18(20)24)8-12-5-4-11(2)25-12/h3-8,21H,9H2,1-2H3,(H,19,22)/b15-8-. The van der Waals surface area contributed by atoms with E-state index in [1.807, 2.05) is 6.92 Å². The maximum absolute atomic E-state index is 12.4. The largest absolute Gasteiger partial charge is 0.506 e. The minimum absolute atomic E-state index is 0.0915.